The molecular formula is C10H10BrF4NO. The highest BCUT2D eigenvalue weighted by atomic mass is 79.9. The van der Waals surface area contributed by atoms with Gasteiger partial charge in [0.05, 0.1) is 4.47 Å². The number of carbonyl (C=O) groups excluding carboxylic acids is 1. The fourth-order valence-electron chi connectivity index (χ4n) is 0.622. The molecule has 0 saturated heterocycles. The molecule has 0 aliphatic heterocycles. The molecule has 17 heavy (non-hydrogen) atoms. The van der Waals surface area contributed by atoms with Gasteiger partial charge in [-0.05, 0) is 22.9 Å². The molecule has 7 heteroatoms. The monoisotopic (exact) mass is 315 g/mol. The molecule has 0 bridgehead atoms. The second-order valence-electron chi connectivity index (χ2n) is 3.04. The van der Waals surface area contributed by atoms with Crippen LogP contribution in [0.25, 0.3) is 0 Å². The lowest BCUT2D eigenvalue weighted by molar-refractivity contribution is -0.116. The van der Waals surface area contributed by atoms with E-state index in [1.165, 1.54) is 0 Å². The molecule has 0 saturated carbocycles. The zero-order chi connectivity index (χ0) is 13.7. The number of benzene rings is 1. The summed E-state index contributed by atoms with van der Waals surface area (Å²) in [7, 11) is 0. The average Bonchev–Trinajstić information content (AvgIpc) is 2.32. The first-order valence-corrected chi connectivity index (χ1v) is 5.29. The summed E-state index contributed by atoms with van der Waals surface area (Å²) < 4.78 is 49.1. The van der Waals surface area contributed by atoms with Gasteiger partial charge >= 0.3 is 0 Å². The molecule has 0 radical (unpaired) electrons. The lowest BCUT2D eigenvalue weighted by Crippen LogP contribution is -2.03. The number of nitrogens with two attached hydrogens (primary N) is 1. The van der Waals surface area contributed by atoms with Gasteiger partial charge < -0.3 is 10.5 Å². The molecule has 0 unspecified atom stereocenters. The number of anilines is 1. The smallest absolute Gasteiger partial charge is 0.186 e. The predicted molar refractivity (Wildman–Crippen MR) is 59.4 cm³/mol. The predicted octanol–water partition coefficient (Wildman–Crippen LogP) is 3.57. The van der Waals surface area contributed by atoms with Gasteiger partial charge in [-0.15, -0.1) is 0 Å². The highest BCUT2D eigenvalue weighted by Gasteiger charge is 2.21. The summed E-state index contributed by atoms with van der Waals surface area (Å²) in [5.41, 5.74) is 3.54. The van der Waals surface area contributed by atoms with E-state index in [-0.39, 0.29) is 5.78 Å². The molecular weight excluding hydrogens is 306 g/mol. The van der Waals surface area contributed by atoms with Gasteiger partial charge in [0, 0.05) is 6.42 Å². The highest BCUT2D eigenvalue weighted by Crippen LogP contribution is 2.29. The Morgan fingerprint density at radius 3 is 1.65 bits per heavy atom. The van der Waals surface area contributed by atoms with Crippen LogP contribution in [0.2, 0.25) is 0 Å². The van der Waals surface area contributed by atoms with E-state index >= 15 is 0 Å². The van der Waals surface area contributed by atoms with Gasteiger partial charge in [0.25, 0.3) is 0 Å². The van der Waals surface area contributed by atoms with Crippen LogP contribution in [0.5, 0.6) is 0 Å². The zero-order valence-electron chi connectivity index (χ0n) is 9.08. The number of ketones is 1. The standard InChI is InChI=1S/C6H2BrF4N.C4H8O/c7-1-2(8)4(10)6(12)5(11)3(1)9;1-3-4(2)5/h12H2;3H2,1-2H3. The van der Waals surface area contributed by atoms with E-state index in [4.69, 9.17) is 5.73 Å². The molecule has 1 aromatic carbocycles. The molecule has 0 spiro atoms. The second-order valence-corrected chi connectivity index (χ2v) is 3.83. The summed E-state index contributed by atoms with van der Waals surface area (Å²) >= 11 is 2.33. The minimum absolute atomic E-state index is 0.255. The van der Waals surface area contributed by atoms with Gasteiger partial charge in [-0.25, -0.2) is 17.6 Å². The largest absolute Gasteiger partial charge is 0.394 e. The van der Waals surface area contributed by atoms with Gasteiger partial charge in [-0.1, -0.05) is 6.92 Å². The molecule has 0 aromatic heterocycles. The van der Waals surface area contributed by atoms with Crippen molar-refractivity contribution in [3.05, 3.63) is 27.7 Å². The summed E-state index contributed by atoms with van der Waals surface area (Å²) in [5.74, 6) is -6.01. The quantitative estimate of drug-likeness (QED) is 0.372. The number of carbonyl (C=O) groups is 1. The van der Waals surface area contributed by atoms with Crippen LogP contribution in [0.4, 0.5) is 23.2 Å². The van der Waals surface area contributed by atoms with Gasteiger partial charge in [0.15, 0.2) is 23.3 Å². The lowest BCUT2D eigenvalue weighted by Gasteiger charge is -2.03. The maximum Gasteiger partial charge on any atom is 0.186 e. The normalized spacial score (nSPS) is 9.59. The van der Waals surface area contributed by atoms with Crippen LogP contribution in [0, 0.1) is 23.3 Å². The SMILES string of the molecule is CCC(C)=O.Nc1c(F)c(F)c(Br)c(F)c1F. The molecule has 0 amide bonds. The van der Waals surface area contributed by atoms with Gasteiger partial charge in [-0.2, -0.15) is 0 Å². The Morgan fingerprint density at radius 2 is 1.41 bits per heavy atom. The van der Waals surface area contributed by atoms with Crippen molar-refractivity contribution in [1.82, 2.24) is 0 Å². The van der Waals surface area contributed by atoms with Crippen LogP contribution in [0.1, 0.15) is 20.3 Å². The Hall–Kier alpha value is -1.11. The number of halogens is 5. The first-order valence-electron chi connectivity index (χ1n) is 4.50. The Balaban J connectivity index is 0.000000437. The van der Waals surface area contributed by atoms with E-state index in [0.29, 0.717) is 6.42 Å². The molecule has 1 aromatic rings. The van der Waals surface area contributed by atoms with Crippen LogP contribution in [0.15, 0.2) is 4.47 Å². The lowest BCUT2D eigenvalue weighted by atomic mass is 10.3. The zero-order valence-corrected chi connectivity index (χ0v) is 10.7. The Morgan fingerprint density at radius 1 is 1.12 bits per heavy atom. The molecule has 0 fully saturated rings. The number of rotatable bonds is 1. The summed E-state index contributed by atoms with van der Waals surface area (Å²) in [6, 6.07) is 0. The fraction of sp³-hybridized carbons (Fsp3) is 0.300. The first kappa shape index (κ1) is 15.9. The van der Waals surface area contributed by atoms with E-state index < -0.39 is 33.4 Å². The molecule has 1 rings (SSSR count). The van der Waals surface area contributed by atoms with Crippen molar-refractivity contribution in [3.8, 4) is 0 Å². The van der Waals surface area contributed by atoms with Crippen LogP contribution < -0.4 is 5.73 Å². The summed E-state index contributed by atoms with van der Waals surface area (Å²) in [5, 5.41) is 0. The number of hydrogen-bond donors (Lipinski definition) is 1. The van der Waals surface area contributed by atoms with Crippen LogP contribution in [0.3, 0.4) is 0 Å². The minimum atomic E-state index is -1.60. The van der Waals surface area contributed by atoms with E-state index in [1.54, 1.807) is 6.92 Å². The van der Waals surface area contributed by atoms with Crippen molar-refractivity contribution in [1.29, 1.82) is 0 Å². The van der Waals surface area contributed by atoms with Crippen LogP contribution in [-0.2, 0) is 4.79 Å². The van der Waals surface area contributed by atoms with Gasteiger partial charge in [0.1, 0.15) is 11.5 Å². The summed E-state index contributed by atoms with van der Waals surface area (Å²) in [6.07, 6.45) is 0.667. The fourth-order valence-corrected chi connectivity index (χ4v) is 0.970. The maximum atomic E-state index is 12.5. The summed E-state index contributed by atoms with van der Waals surface area (Å²) in [4.78, 5) is 9.81. The number of hydrogen-bond acceptors (Lipinski definition) is 2. The van der Waals surface area contributed by atoms with Crippen molar-refractivity contribution in [2.45, 2.75) is 20.3 Å². The van der Waals surface area contributed by atoms with Crippen molar-refractivity contribution in [2.75, 3.05) is 5.73 Å². The van der Waals surface area contributed by atoms with E-state index in [0.717, 1.165) is 0 Å². The topological polar surface area (TPSA) is 43.1 Å². The van der Waals surface area contributed by atoms with Crippen LogP contribution in [-0.4, -0.2) is 5.78 Å². The van der Waals surface area contributed by atoms with Gasteiger partial charge in [-0.3, -0.25) is 0 Å². The van der Waals surface area contributed by atoms with Crippen molar-refractivity contribution in [3.63, 3.8) is 0 Å². The number of nitrogen functional groups attached to an aromatic ring is 1. The van der Waals surface area contributed by atoms with Crippen molar-refractivity contribution in [2.24, 2.45) is 0 Å². The third-order valence-electron chi connectivity index (χ3n) is 1.74. The number of Topliss-reactive ketones (excluding diaryl/α,β-unsaturated/α-hetero) is 1. The molecule has 0 heterocycles. The molecule has 0 atom stereocenters. The van der Waals surface area contributed by atoms with Crippen molar-refractivity contribution >= 4 is 27.4 Å². The molecule has 0 aliphatic carbocycles. The Labute approximate surface area is 104 Å². The Bertz CT molecular complexity index is 332. The molecule has 2 nitrogen and oxygen atoms in total. The van der Waals surface area contributed by atoms with E-state index in [2.05, 4.69) is 15.9 Å². The first-order chi connectivity index (χ1) is 7.73. The Kier molecular flexibility index (Phi) is 6.15. The van der Waals surface area contributed by atoms with Crippen LogP contribution >= 0.6 is 15.9 Å². The third kappa shape index (κ3) is 3.99. The average molecular weight is 316 g/mol. The molecule has 96 valence electrons. The minimum Gasteiger partial charge on any atom is -0.394 e. The summed E-state index contributed by atoms with van der Waals surface area (Å²) in [6.45, 7) is 3.43. The van der Waals surface area contributed by atoms with E-state index in [9.17, 15) is 22.4 Å². The van der Waals surface area contributed by atoms with Crippen molar-refractivity contribution < 1.29 is 22.4 Å². The van der Waals surface area contributed by atoms with E-state index in [1.807, 2.05) is 6.92 Å². The van der Waals surface area contributed by atoms with Gasteiger partial charge in [0.2, 0.25) is 0 Å². The highest BCUT2D eigenvalue weighted by molar-refractivity contribution is 9.10. The second kappa shape index (κ2) is 6.58. The molecule has 0 aliphatic rings. The molecule has 2 N–H and O–H groups in total. The maximum absolute atomic E-state index is 12.5. The third-order valence-corrected chi connectivity index (χ3v) is 2.44.